The van der Waals surface area contributed by atoms with Crippen LogP contribution in [0.3, 0.4) is 0 Å². The zero-order valence-electron chi connectivity index (χ0n) is 12.7. The molecule has 2 aliphatic rings. The molecule has 1 aromatic carbocycles. The van der Waals surface area contributed by atoms with E-state index in [0.29, 0.717) is 11.7 Å². The van der Waals surface area contributed by atoms with Crippen LogP contribution in [0, 0.1) is 0 Å². The minimum absolute atomic E-state index is 0.108. The zero-order chi connectivity index (χ0) is 16.2. The van der Waals surface area contributed by atoms with E-state index in [2.05, 4.69) is 26.8 Å². The van der Waals surface area contributed by atoms with Crippen LogP contribution in [0.15, 0.2) is 34.4 Å². The number of hydrogen-bond acceptors (Lipinski definition) is 6. The number of amides is 3. The minimum atomic E-state index is -0.480. The molecule has 3 rings (SSSR count). The Morgan fingerprint density at radius 1 is 1.39 bits per heavy atom. The van der Waals surface area contributed by atoms with Gasteiger partial charge in [-0.3, -0.25) is 10.1 Å². The summed E-state index contributed by atoms with van der Waals surface area (Å²) in [5.41, 5.74) is 2.05. The fraction of sp³-hybridized carbons (Fsp3) is 0.333. The van der Waals surface area contributed by atoms with Gasteiger partial charge in [0.15, 0.2) is 5.17 Å². The standard InChI is InChI=1S/C15H17N5O2S/c1-2-16-14(22)19-13(21)9-23-15-18-11-6-4-3-5-10(11)12-7-8-17-20(12)15/h3-6,8,12H,2,7,9H2,1H3,(H2,16,19,21,22). The highest BCUT2D eigenvalue weighted by atomic mass is 32.2. The molecule has 2 heterocycles. The fourth-order valence-corrected chi connectivity index (χ4v) is 3.28. The molecule has 0 bridgehead atoms. The molecule has 2 N–H and O–H groups in total. The number of imide groups is 1. The van der Waals surface area contributed by atoms with E-state index in [1.54, 1.807) is 6.92 Å². The average Bonchev–Trinajstić information content (AvgIpc) is 3.03. The third-order valence-electron chi connectivity index (χ3n) is 3.46. The summed E-state index contributed by atoms with van der Waals surface area (Å²) in [6.45, 7) is 2.26. The SMILES string of the molecule is CCNC(=O)NC(=O)CSC1=Nc2ccccc2C2CC=NN12. The quantitative estimate of drug-likeness (QED) is 0.887. The van der Waals surface area contributed by atoms with Gasteiger partial charge in [-0.2, -0.15) is 5.10 Å². The first-order valence-corrected chi connectivity index (χ1v) is 8.37. The number of urea groups is 1. The number of nitrogens with zero attached hydrogens (tertiary/aromatic N) is 3. The molecule has 7 nitrogen and oxygen atoms in total. The lowest BCUT2D eigenvalue weighted by atomic mass is 10.0. The van der Waals surface area contributed by atoms with Gasteiger partial charge in [0.2, 0.25) is 5.91 Å². The maximum absolute atomic E-state index is 11.8. The van der Waals surface area contributed by atoms with Gasteiger partial charge in [-0.15, -0.1) is 0 Å². The van der Waals surface area contributed by atoms with Crippen LogP contribution in [0.5, 0.6) is 0 Å². The van der Waals surface area contributed by atoms with E-state index in [9.17, 15) is 9.59 Å². The lowest BCUT2D eigenvalue weighted by Gasteiger charge is -2.29. The summed E-state index contributed by atoms with van der Waals surface area (Å²) < 4.78 is 0. The molecule has 8 heteroatoms. The van der Waals surface area contributed by atoms with Crippen LogP contribution in [-0.2, 0) is 4.79 Å². The van der Waals surface area contributed by atoms with Crippen molar-refractivity contribution >= 4 is 40.8 Å². The molecule has 0 saturated heterocycles. The summed E-state index contributed by atoms with van der Waals surface area (Å²) in [4.78, 5) is 27.7. The number of carbonyl (C=O) groups is 2. The van der Waals surface area contributed by atoms with Crippen LogP contribution in [0.1, 0.15) is 24.9 Å². The number of aliphatic imine (C=N–C) groups is 1. The minimum Gasteiger partial charge on any atom is -0.338 e. The van der Waals surface area contributed by atoms with E-state index in [-0.39, 0.29) is 17.7 Å². The third-order valence-corrected chi connectivity index (χ3v) is 4.40. The smallest absolute Gasteiger partial charge is 0.321 e. The second-order valence-corrected chi connectivity index (χ2v) is 5.99. The number of para-hydroxylation sites is 1. The molecule has 0 radical (unpaired) electrons. The molecule has 0 spiro atoms. The van der Waals surface area contributed by atoms with Crippen molar-refractivity contribution in [2.24, 2.45) is 10.1 Å². The first-order valence-electron chi connectivity index (χ1n) is 7.39. The Hall–Kier alpha value is -2.35. The van der Waals surface area contributed by atoms with Gasteiger partial charge in [0.1, 0.15) is 0 Å². The van der Waals surface area contributed by atoms with Crippen molar-refractivity contribution in [1.29, 1.82) is 0 Å². The van der Waals surface area contributed by atoms with Gasteiger partial charge in [0.05, 0.1) is 17.5 Å². The highest BCUT2D eigenvalue weighted by Gasteiger charge is 2.32. The van der Waals surface area contributed by atoms with E-state index < -0.39 is 6.03 Å². The van der Waals surface area contributed by atoms with Crippen LogP contribution in [-0.4, -0.2) is 40.6 Å². The highest BCUT2D eigenvalue weighted by molar-refractivity contribution is 8.14. The number of rotatable bonds is 3. The van der Waals surface area contributed by atoms with Crippen molar-refractivity contribution in [3.8, 4) is 0 Å². The maximum atomic E-state index is 11.8. The maximum Gasteiger partial charge on any atom is 0.321 e. The molecule has 1 aromatic rings. The van der Waals surface area contributed by atoms with Crippen LogP contribution in [0.4, 0.5) is 10.5 Å². The van der Waals surface area contributed by atoms with Gasteiger partial charge < -0.3 is 5.32 Å². The van der Waals surface area contributed by atoms with Gasteiger partial charge in [-0.1, -0.05) is 30.0 Å². The molecule has 1 unspecified atom stereocenters. The van der Waals surface area contributed by atoms with Crippen molar-refractivity contribution in [1.82, 2.24) is 15.6 Å². The molecule has 120 valence electrons. The number of nitrogens with one attached hydrogen (secondary N) is 2. The van der Waals surface area contributed by atoms with Crippen molar-refractivity contribution in [2.75, 3.05) is 12.3 Å². The second kappa shape index (κ2) is 6.82. The lowest BCUT2D eigenvalue weighted by Crippen LogP contribution is -2.40. The molecule has 0 fully saturated rings. The zero-order valence-corrected chi connectivity index (χ0v) is 13.5. The fourth-order valence-electron chi connectivity index (χ4n) is 2.48. The van der Waals surface area contributed by atoms with Gasteiger partial charge >= 0.3 is 6.03 Å². The Balaban J connectivity index is 1.68. The first-order chi connectivity index (χ1) is 11.2. The van der Waals surface area contributed by atoms with E-state index in [1.165, 1.54) is 11.8 Å². The lowest BCUT2D eigenvalue weighted by molar-refractivity contribution is -0.117. The number of hydrazone groups is 1. The molecule has 3 amide bonds. The van der Waals surface area contributed by atoms with Gasteiger partial charge in [-0.25, -0.2) is 14.8 Å². The number of carbonyl (C=O) groups excluding carboxylic acids is 2. The Morgan fingerprint density at radius 2 is 2.22 bits per heavy atom. The van der Waals surface area contributed by atoms with Crippen LogP contribution < -0.4 is 10.6 Å². The number of hydrogen-bond donors (Lipinski definition) is 2. The van der Waals surface area contributed by atoms with Crippen LogP contribution in [0.25, 0.3) is 0 Å². The number of thioether (sulfide) groups is 1. The molecule has 0 saturated carbocycles. The topological polar surface area (TPSA) is 86.2 Å². The van der Waals surface area contributed by atoms with E-state index in [4.69, 9.17) is 0 Å². The van der Waals surface area contributed by atoms with Gasteiger partial charge in [0.25, 0.3) is 0 Å². The average molecular weight is 331 g/mol. The van der Waals surface area contributed by atoms with E-state index in [1.807, 2.05) is 29.4 Å². The van der Waals surface area contributed by atoms with Crippen molar-refractivity contribution in [3.05, 3.63) is 29.8 Å². The molecular weight excluding hydrogens is 314 g/mol. The second-order valence-electron chi connectivity index (χ2n) is 5.04. The summed E-state index contributed by atoms with van der Waals surface area (Å²) in [5, 5.41) is 11.7. The summed E-state index contributed by atoms with van der Waals surface area (Å²) in [6, 6.07) is 7.60. The molecule has 2 aliphatic heterocycles. The molecule has 1 atom stereocenters. The number of fused-ring (bicyclic) bond motifs is 3. The van der Waals surface area contributed by atoms with Crippen LogP contribution >= 0.6 is 11.8 Å². The Bertz CT molecular complexity index is 688. The van der Waals surface area contributed by atoms with Gasteiger partial charge in [-0.05, 0) is 13.0 Å². The number of benzene rings is 1. The normalized spacial score (nSPS) is 18.0. The Morgan fingerprint density at radius 3 is 3.04 bits per heavy atom. The van der Waals surface area contributed by atoms with Crippen LogP contribution in [0.2, 0.25) is 0 Å². The van der Waals surface area contributed by atoms with E-state index in [0.717, 1.165) is 17.7 Å². The molecule has 0 aliphatic carbocycles. The number of amidine groups is 1. The Labute approximate surface area is 138 Å². The monoisotopic (exact) mass is 331 g/mol. The molecule has 23 heavy (non-hydrogen) atoms. The molecule has 0 aromatic heterocycles. The van der Waals surface area contributed by atoms with Gasteiger partial charge in [0, 0.05) is 24.7 Å². The summed E-state index contributed by atoms with van der Waals surface area (Å²) in [6.07, 6.45) is 2.68. The summed E-state index contributed by atoms with van der Waals surface area (Å²) in [7, 11) is 0. The highest BCUT2D eigenvalue weighted by Crippen LogP contribution is 2.40. The Kier molecular flexibility index (Phi) is 4.61. The predicted octanol–water partition coefficient (Wildman–Crippen LogP) is 2.00. The van der Waals surface area contributed by atoms with E-state index >= 15 is 0 Å². The first kappa shape index (κ1) is 15.5. The van der Waals surface area contributed by atoms with Crippen molar-refractivity contribution in [3.63, 3.8) is 0 Å². The third kappa shape index (κ3) is 3.37. The predicted molar refractivity (Wildman–Crippen MR) is 90.9 cm³/mol. The largest absolute Gasteiger partial charge is 0.338 e. The van der Waals surface area contributed by atoms with Crippen molar-refractivity contribution in [2.45, 2.75) is 19.4 Å². The van der Waals surface area contributed by atoms with Crippen molar-refractivity contribution < 1.29 is 9.59 Å². The summed E-state index contributed by atoms with van der Waals surface area (Å²) in [5.74, 6) is -0.251. The molecular formula is C15H17N5O2S. The summed E-state index contributed by atoms with van der Waals surface area (Å²) >= 11 is 1.28.